The number of rotatable bonds is 10. The monoisotopic (exact) mass is 652 g/mol. The van der Waals surface area contributed by atoms with Gasteiger partial charge in [0.25, 0.3) is 11.8 Å². The van der Waals surface area contributed by atoms with E-state index in [1.807, 2.05) is 46.7 Å². The highest BCUT2D eigenvalue weighted by atomic mass is 32.2. The minimum absolute atomic E-state index is 0.0319. The molecular formula is C26H24N10O5S3. The Bertz CT molecular complexity index is 1890. The number of pyridine rings is 1. The molecule has 0 aromatic carbocycles. The van der Waals surface area contributed by atoms with E-state index in [4.69, 9.17) is 21.7 Å². The minimum atomic E-state index is -1.47. The Kier molecular flexibility index (Phi) is 7.78. The average Bonchev–Trinajstić information content (AvgIpc) is 3.74. The molecule has 0 bridgehead atoms. The number of amidine groups is 1. The van der Waals surface area contributed by atoms with E-state index in [0.717, 1.165) is 32.2 Å². The van der Waals surface area contributed by atoms with Gasteiger partial charge in [-0.2, -0.15) is 9.36 Å². The van der Waals surface area contributed by atoms with Crippen molar-refractivity contribution in [3.8, 4) is 0 Å². The van der Waals surface area contributed by atoms with Gasteiger partial charge in [-0.25, -0.2) is 4.57 Å². The number of aromatic nitrogens is 4. The second-order valence-corrected chi connectivity index (χ2v) is 12.7. The molecule has 18 heteroatoms. The van der Waals surface area contributed by atoms with Crippen LogP contribution < -0.4 is 26.5 Å². The zero-order valence-electron chi connectivity index (χ0n) is 22.9. The number of aliphatic carboxylic acids is 1. The first kappa shape index (κ1) is 29.3. The van der Waals surface area contributed by atoms with Crippen LogP contribution in [-0.4, -0.2) is 72.4 Å². The molecule has 1 saturated heterocycles. The van der Waals surface area contributed by atoms with Crippen molar-refractivity contribution in [1.82, 2.24) is 24.1 Å². The van der Waals surface area contributed by atoms with Crippen molar-refractivity contribution in [3.63, 3.8) is 0 Å². The molecule has 0 radical (unpaired) electrons. The number of nitrogens with two attached hydrogens (primary N) is 2. The maximum Gasteiger partial charge on any atom is 0.278 e. The quantitative estimate of drug-likeness (QED) is 0.0550. The van der Waals surface area contributed by atoms with E-state index in [1.54, 1.807) is 0 Å². The molecular weight excluding hydrogens is 629 g/mol. The largest absolute Gasteiger partial charge is 0.543 e. The van der Waals surface area contributed by atoms with Crippen molar-refractivity contribution >= 4 is 80.0 Å². The Labute approximate surface area is 261 Å². The van der Waals surface area contributed by atoms with Crippen molar-refractivity contribution in [1.29, 1.82) is 5.41 Å². The summed E-state index contributed by atoms with van der Waals surface area (Å²) < 4.78 is 7.90. The van der Waals surface area contributed by atoms with Crippen LogP contribution in [0.3, 0.4) is 0 Å². The summed E-state index contributed by atoms with van der Waals surface area (Å²) in [4.78, 5) is 49.3. The van der Waals surface area contributed by atoms with E-state index >= 15 is 0 Å². The number of hydrogen-bond acceptors (Lipinski definition) is 13. The second-order valence-electron chi connectivity index (χ2n) is 9.80. The summed E-state index contributed by atoms with van der Waals surface area (Å²) in [6.07, 6.45) is 5.72. The summed E-state index contributed by atoms with van der Waals surface area (Å²) in [6, 6.07) is 4.81. The predicted octanol–water partition coefficient (Wildman–Crippen LogP) is -0.789. The molecule has 44 heavy (non-hydrogen) atoms. The third kappa shape index (κ3) is 5.38. The highest BCUT2D eigenvalue weighted by molar-refractivity contribution is 8.00. The first-order chi connectivity index (χ1) is 21.1. The predicted molar refractivity (Wildman–Crippen MR) is 161 cm³/mol. The Morgan fingerprint density at radius 1 is 1.36 bits per heavy atom. The lowest BCUT2D eigenvalue weighted by Crippen LogP contribution is -2.71. The van der Waals surface area contributed by atoms with Gasteiger partial charge >= 0.3 is 0 Å². The topological polar surface area (TPSA) is 222 Å². The van der Waals surface area contributed by atoms with E-state index in [1.165, 1.54) is 30.2 Å². The van der Waals surface area contributed by atoms with Crippen LogP contribution in [0.25, 0.3) is 10.9 Å². The number of amides is 2. The number of hydrogen-bond donors (Lipinski definition) is 4. The molecule has 0 spiro atoms. The molecule has 2 aliphatic rings. The molecule has 0 unspecified atom stereocenters. The van der Waals surface area contributed by atoms with Crippen LogP contribution in [-0.2, 0) is 32.3 Å². The molecule has 0 aliphatic carbocycles. The first-order valence-corrected chi connectivity index (χ1v) is 15.6. The van der Waals surface area contributed by atoms with Crippen molar-refractivity contribution in [2.75, 3.05) is 18.6 Å². The fourth-order valence-corrected chi connectivity index (χ4v) is 7.68. The molecule has 0 saturated carbocycles. The van der Waals surface area contributed by atoms with Crippen LogP contribution >= 0.6 is 34.6 Å². The molecule has 6 N–H and O–H groups in total. The molecule has 2 aliphatic heterocycles. The van der Waals surface area contributed by atoms with E-state index in [2.05, 4.69) is 24.4 Å². The third-order valence-corrected chi connectivity index (χ3v) is 9.81. The number of fused-ring (bicyclic) bond motifs is 2. The van der Waals surface area contributed by atoms with Gasteiger partial charge in [0, 0.05) is 50.9 Å². The number of thioether (sulfide) groups is 1. The van der Waals surface area contributed by atoms with Gasteiger partial charge in [-0.3, -0.25) is 19.9 Å². The van der Waals surface area contributed by atoms with E-state index in [9.17, 15) is 19.5 Å². The number of β-lactam (4-membered cyclic amide) rings is 1. The number of anilines is 1. The maximum absolute atomic E-state index is 13.2. The van der Waals surface area contributed by atoms with Gasteiger partial charge in [0.1, 0.15) is 24.4 Å². The number of carboxylic acids is 1. The number of nitrogen functional groups attached to an aromatic ring is 2. The van der Waals surface area contributed by atoms with Gasteiger partial charge in [-0.05, 0) is 12.1 Å². The Morgan fingerprint density at radius 3 is 2.86 bits per heavy atom. The molecule has 2 amide bonds. The molecule has 4 aromatic heterocycles. The van der Waals surface area contributed by atoms with Crippen molar-refractivity contribution in [2.24, 2.45) is 10.9 Å². The third-order valence-electron chi connectivity index (χ3n) is 7.01. The zero-order chi connectivity index (χ0) is 31.1. The van der Waals surface area contributed by atoms with Gasteiger partial charge < -0.3 is 36.1 Å². The van der Waals surface area contributed by atoms with Gasteiger partial charge in [0.15, 0.2) is 24.1 Å². The number of oxime groups is 1. The van der Waals surface area contributed by atoms with Gasteiger partial charge in [0.2, 0.25) is 11.5 Å². The van der Waals surface area contributed by atoms with Crippen LogP contribution in [0.4, 0.5) is 5.13 Å². The number of thiophene rings is 1. The molecule has 1 fully saturated rings. The molecule has 6 rings (SSSR count). The fourth-order valence-electron chi connectivity index (χ4n) is 5.03. The van der Waals surface area contributed by atoms with Gasteiger partial charge in [0.05, 0.1) is 29.1 Å². The lowest BCUT2D eigenvalue weighted by atomic mass is 10.0. The highest BCUT2D eigenvalue weighted by Gasteiger charge is 2.53. The summed E-state index contributed by atoms with van der Waals surface area (Å²) >= 11 is 3.74. The Hall–Kier alpha value is -4.81. The Morgan fingerprint density at radius 2 is 2.18 bits per heavy atom. The molecule has 2 atom stereocenters. The summed E-state index contributed by atoms with van der Waals surface area (Å²) in [7, 11) is 1.25. The normalized spacial score (nSPS) is 18.2. The second kappa shape index (κ2) is 11.7. The summed E-state index contributed by atoms with van der Waals surface area (Å²) in [6.45, 7) is 0.838. The van der Waals surface area contributed by atoms with Gasteiger partial charge in [-0.15, -0.1) is 23.1 Å². The summed E-state index contributed by atoms with van der Waals surface area (Å²) in [5, 5.41) is 28.4. The summed E-state index contributed by atoms with van der Waals surface area (Å²) in [5.41, 5.74) is 12.9. The number of nitrogens with zero attached hydrogens (tertiary/aromatic N) is 6. The van der Waals surface area contributed by atoms with E-state index in [-0.39, 0.29) is 34.7 Å². The van der Waals surface area contributed by atoms with E-state index < -0.39 is 29.2 Å². The number of carboxylic acid groups (broad SMARTS) is 1. The van der Waals surface area contributed by atoms with Crippen molar-refractivity contribution in [3.05, 3.63) is 69.7 Å². The SMILES string of the molecule is CO/N=C(\C(=O)N[C@@H]1C(=O)N2C(C(=O)[O-])=C(C[n+]3ccc4c(ccn4Cc4cc(C(=N)N)cs4)c3)CS[C@H]12)c1nsc(N)n1. The average molecular weight is 653 g/mol. The van der Waals surface area contributed by atoms with E-state index in [0.29, 0.717) is 23.4 Å². The Balaban J connectivity index is 1.18. The molecule has 6 heterocycles. The maximum atomic E-state index is 13.2. The number of carbonyl (C=O) groups is 3. The molecule has 4 aromatic rings. The number of nitrogens with one attached hydrogen (secondary N) is 2. The van der Waals surface area contributed by atoms with Crippen LogP contribution in [0.15, 0.2) is 58.6 Å². The number of carbonyl (C=O) groups excluding carboxylic acids is 3. The van der Waals surface area contributed by atoms with Gasteiger partial charge in [-0.1, -0.05) is 5.16 Å². The smallest absolute Gasteiger partial charge is 0.278 e. The van der Waals surface area contributed by atoms with Crippen LogP contribution in [0.1, 0.15) is 16.3 Å². The highest BCUT2D eigenvalue weighted by Crippen LogP contribution is 2.40. The first-order valence-electron chi connectivity index (χ1n) is 12.9. The lowest BCUT2D eigenvalue weighted by molar-refractivity contribution is -0.687. The van der Waals surface area contributed by atoms with Crippen molar-refractivity contribution in [2.45, 2.75) is 24.5 Å². The standard InChI is InChI=1S/C26H24N10O5S3/c1-41-32-17(21-31-26(29)44-33-21)22(37)30-18-23(38)36-19(25(39)40)14(11-43-24(18)36)8-34-4-3-16-12(7-34)2-5-35(16)9-15-6-13(10-42-15)20(27)28/h2-7,10,18,24H,8-9,11H2,1H3,(H6-,27,28,29,30,31,33,37,39,40)/b32-17-/t18-,24-/m1/s1. The van der Waals surface area contributed by atoms with Crippen LogP contribution in [0.5, 0.6) is 0 Å². The lowest BCUT2D eigenvalue weighted by Gasteiger charge is -2.50. The zero-order valence-corrected chi connectivity index (χ0v) is 25.4. The minimum Gasteiger partial charge on any atom is -0.543 e. The van der Waals surface area contributed by atoms with Crippen LogP contribution in [0, 0.1) is 5.41 Å². The van der Waals surface area contributed by atoms with Crippen molar-refractivity contribution < 1.29 is 28.9 Å². The summed E-state index contributed by atoms with van der Waals surface area (Å²) in [5.74, 6) is -2.54. The molecule has 226 valence electrons. The van der Waals surface area contributed by atoms with Crippen LogP contribution in [0.2, 0.25) is 0 Å². The molecule has 15 nitrogen and oxygen atoms in total. The fraction of sp³-hybridized carbons (Fsp3) is 0.231.